The van der Waals surface area contributed by atoms with Crippen molar-refractivity contribution < 1.29 is 18.5 Å². The van der Waals surface area contributed by atoms with E-state index >= 15 is 0 Å². The maximum absolute atomic E-state index is 12.9. The molecular formula is C24H18N6O4. The van der Waals surface area contributed by atoms with Crippen molar-refractivity contribution in [2.24, 2.45) is 0 Å². The molecule has 0 unspecified atom stereocenters. The van der Waals surface area contributed by atoms with Crippen molar-refractivity contribution in [3.63, 3.8) is 0 Å². The van der Waals surface area contributed by atoms with Gasteiger partial charge in [0.1, 0.15) is 5.69 Å². The fraction of sp³-hybridized carbons (Fsp3) is 0.0833. The van der Waals surface area contributed by atoms with Gasteiger partial charge in [-0.05, 0) is 36.4 Å². The zero-order valence-electron chi connectivity index (χ0n) is 17.8. The van der Waals surface area contributed by atoms with E-state index in [-0.39, 0.29) is 12.8 Å². The van der Waals surface area contributed by atoms with Crippen molar-refractivity contribution in [1.82, 2.24) is 31.0 Å². The van der Waals surface area contributed by atoms with Gasteiger partial charge < -0.3 is 8.94 Å². The maximum Gasteiger partial charge on any atom is 0.270 e. The molecule has 5 rings (SSSR count). The van der Waals surface area contributed by atoms with Crippen LogP contribution in [0.5, 0.6) is 0 Å². The summed E-state index contributed by atoms with van der Waals surface area (Å²) < 4.78 is 10.6. The van der Waals surface area contributed by atoms with E-state index in [1.165, 1.54) is 6.26 Å². The molecule has 5 aromatic rings. The highest BCUT2D eigenvalue weighted by atomic mass is 16.5. The van der Waals surface area contributed by atoms with Gasteiger partial charge in [-0.2, -0.15) is 4.98 Å². The van der Waals surface area contributed by atoms with Crippen LogP contribution in [0.25, 0.3) is 33.7 Å². The van der Waals surface area contributed by atoms with Gasteiger partial charge in [-0.1, -0.05) is 23.4 Å². The van der Waals surface area contributed by atoms with Gasteiger partial charge in [0.2, 0.25) is 17.6 Å². The fourth-order valence-electron chi connectivity index (χ4n) is 3.36. The predicted molar refractivity (Wildman–Crippen MR) is 121 cm³/mol. The second-order valence-electron chi connectivity index (χ2n) is 7.31. The number of hydrazine groups is 1. The maximum atomic E-state index is 12.9. The minimum absolute atomic E-state index is 0.0453. The topological polar surface area (TPSA) is 136 Å². The normalized spacial score (nSPS) is 10.8. The summed E-state index contributed by atoms with van der Waals surface area (Å²) in [4.78, 5) is 38.0. The number of nitrogens with one attached hydrogen (secondary N) is 2. The molecule has 10 nitrogen and oxygen atoms in total. The Morgan fingerprint density at radius 3 is 2.71 bits per heavy atom. The minimum atomic E-state index is -0.476. The van der Waals surface area contributed by atoms with E-state index in [1.54, 1.807) is 48.8 Å². The molecule has 2 amide bonds. The van der Waals surface area contributed by atoms with Crippen LogP contribution in [-0.2, 0) is 11.2 Å². The summed E-state index contributed by atoms with van der Waals surface area (Å²) in [6.07, 6.45) is 5.07. The zero-order chi connectivity index (χ0) is 23.3. The van der Waals surface area contributed by atoms with E-state index in [0.29, 0.717) is 45.2 Å². The van der Waals surface area contributed by atoms with E-state index in [9.17, 15) is 9.59 Å². The first-order chi connectivity index (χ1) is 16.7. The first-order valence-electron chi connectivity index (χ1n) is 10.4. The number of furan rings is 1. The van der Waals surface area contributed by atoms with Crippen LogP contribution in [-0.4, -0.2) is 31.9 Å². The van der Waals surface area contributed by atoms with E-state index < -0.39 is 11.8 Å². The molecule has 4 aromatic heterocycles. The first kappa shape index (κ1) is 21.0. The number of nitrogens with zero attached hydrogens (tertiary/aromatic N) is 4. The molecule has 0 bridgehead atoms. The number of hydrogen-bond acceptors (Lipinski definition) is 8. The third-order valence-corrected chi connectivity index (χ3v) is 5.00. The number of amides is 2. The van der Waals surface area contributed by atoms with Gasteiger partial charge in [0, 0.05) is 36.2 Å². The lowest BCUT2D eigenvalue weighted by Gasteiger charge is -2.10. The molecule has 0 spiro atoms. The number of rotatable bonds is 6. The lowest BCUT2D eigenvalue weighted by Crippen LogP contribution is -2.41. The number of hydrogen-bond donors (Lipinski definition) is 2. The smallest absolute Gasteiger partial charge is 0.270 e. The number of carbonyl (C=O) groups is 2. The quantitative estimate of drug-likeness (QED) is 0.373. The van der Waals surface area contributed by atoms with Crippen LogP contribution in [0, 0.1) is 0 Å². The molecule has 10 heteroatoms. The Bertz CT molecular complexity index is 1450. The number of pyridine rings is 2. The molecule has 0 aliphatic heterocycles. The zero-order valence-corrected chi connectivity index (χ0v) is 17.8. The van der Waals surface area contributed by atoms with E-state index in [1.807, 2.05) is 18.2 Å². The van der Waals surface area contributed by atoms with Gasteiger partial charge in [-0.25, -0.2) is 4.98 Å². The average Bonchev–Trinajstić information content (AvgIpc) is 3.59. The van der Waals surface area contributed by atoms with Crippen LogP contribution in [0.3, 0.4) is 0 Å². The Balaban J connectivity index is 1.23. The second-order valence-corrected chi connectivity index (χ2v) is 7.31. The summed E-state index contributed by atoms with van der Waals surface area (Å²) in [5.74, 6) is 0.363. The number of benzene rings is 1. The molecule has 0 fully saturated rings. The van der Waals surface area contributed by atoms with Crippen molar-refractivity contribution in [1.29, 1.82) is 0 Å². The predicted octanol–water partition coefficient (Wildman–Crippen LogP) is 3.33. The summed E-state index contributed by atoms with van der Waals surface area (Å²) in [6.45, 7) is 0. The Labute approximate surface area is 193 Å². The van der Waals surface area contributed by atoms with E-state index in [0.717, 1.165) is 0 Å². The van der Waals surface area contributed by atoms with Crippen molar-refractivity contribution in [3.05, 3.63) is 84.7 Å². The van der Waals surface area contributed by atoms with Gasteiger partial charge in [-0.15, -0.1) is 0 Å². The van der Waals surface area contributed by atoms with Crippen molar-refractivity contribution >= 4 is 22.7 Å². The van der Waals surface area contributed by atoms with Gasteiger partial charge in [0.05, 0.1) is 17.3 Å². The van der Waals surface area contributed by atoms with Crippen LogP contribution in [0.4, 0.5) is 0 Å². The van der Waals surface area contributed by atoms with Gasteiger partial charge in [0.15, 0.2) is 5.76 Å². The highest BCUT2D eigenvalue weighted by Crippen LogP contribution is 2.25. The summed E-state index contributed by atoms with van der Waals surface area (Å²) in [5, 5.41) is 4.55. The SMILES string of the molecule is O=C(CCc1nc(-c2cccnc2)no1)NNC(=O)c1cc(-c2ccco2)nc2ccccc12. The number of carbonyl (C=O) groups excluding carboxylic acids is 2. The number of aromatic nitrogens is 4. The molecule has 0 aliphatic carbocycles. The van der Waals surface area contributed by atoms with Crippen LogP contribution in [0.15, 0.2) is 82.2 Å². The Morgan fingerprint density at radius 2 is 1.88 bits per heavy atom. The van der Waals surface area contributed by atoms with E-state index in [2.05, 4.69) is 31.0 Å². The highest BCUT2D eigenvalue weighted by Gasteiger charge is 2.16. The molecule has 168 valence electrons. The van der Waals surface area contributed by atoms with Crippen molar-refractivity contribution in [3.8, 4) is 22.8 Å². The fourth-order valence-corrected chi connectivity index (χ4v) is 3.36. The second kappa shape index (κ2) is 9.33. The molecule has 0 saturated carbocycles. The molecule has 1 aromatic carbocycles. The van der Waals surface area contributed by atoms with Gasteiger partial charge in [-0.3, -0.25) is 25.4 Å². The lowest BCUT2D eigenvalue weighted by atomic mass is 10.1. The first-order valence-corrected chi connectivity index (χ1v) is 10.4. The average molecular weight is 454 g/mol. The number of aryl methyl sites for hydroxylation is 1. The monoisotopic (exact) mass is 454 g/mol. The van der Waals surface area contributed by atoms with Crippen LogP contribution < -0.4 is 10.9 Å². The number of para-hydroxylation sites is 1. The molecule has 2 N–H and O–H groups in total. The molecular weight excluding hydrogens is 436 g/mol. The Hall–Kier alpha value is -4.86. The van der Waals surface area contributed by atoms with Crippen LogP contribution >= 0.6 is 0 Å². The van der Waals surface area contributed by atoms with Crippen molar-refractivity contribution in [2.45, 2.75) is 12.8 Å². The van der Waals surface area contributed by atoms with Crippen molar-refractivity contribution in [2.75, 3.05) is 0 Å². The van der Waals surface area contributed by atoms with E-state index in [4.69, 9.17) is 8.94 Å². The summed E-state index contributed by atoms with van der Waals surface area (Å²) >= 11 is 0. The summed E-state index contributed by atoms with van der Waals surface area (Å²) in [7, 11) is 0. The molecule has 0 aliphatic rings. The molecule has 0 saturated heterocycles. The molecule has 0 atom stereocenters. The highest BCUT2D eigenvalue weighted by molar-refractivity contribution is 6.07. The standard InChI is InChI=1S/C24H18N6O4/c31-21(9-10-22-27-23(30-34-22)15-5-3-11-25-14-15)28-29-24(32)17-13-19(20-8-4-12-33-20)26-18-7-2-1-6-16(17)18/h1-8,11-14H,9-10H2,(H,28,31)(H,29,32). The number of fused-ring (bicyclic) bond motifs is 1. The minimum Gasteiger partial charge on any atom is -0.463 e. The summed E-state index contributed by atoms with van der Waals surface area (Å²) in [5.41, 5.74) is 7.11. The summed E-state index contributed by atoms with van der Waals surface area (Å²) in [6, 6.07) is 16.0. The van der Waals surface area contributed by atoms with Gasteiger partial charge >= 0.3 is 0 Å². The Morgan fingerprint density at radius 1 is 0.971 bits per heavy atom. The lowest BCUT2D eigenvalue weighted by molar-refractivity contribution is -0.121. The molecule has 34 heavy (non-hydrogen) atoms. The van der Waals surface area contributed by atoms with Gasteiger partial charge in [0.25, 0.3) is 5.91 Å². The van der Waals surface area contributed by atoms with Crippen LogP contribution in [0.2, 0.25) is 0 Å². The largest absolute Gasteiger partial charge is 0.463 e. The third kappa shape index (κ3) is 4.51. The molecule has 0 radical (unpaired) electrons. The third-order valence-electron chi connectivity index (χ3n) is 5.00. The Kier molecular flexibility index (Phi) is 5.76. The molecule has 4 heterocycles. The van der Waals surface area contributed by atoms with Crippen LogP contribution in [0.1, 0.15) is 22.7 Å².